The van der Waals surface area contributed by atoms with E-state index in [-0.39, 0.29) is 5.56 Å². The molecule has 0 bridgehead atoms. The smallest absolute Gasteiger partial charge is 0.406 e. The number of halogens is 3. The van der Waals surface area contributed by atoms with Gasteiger partial charge in [-0.3, -0.25) is 10.1 Å². The van der Waals surface area contributed by atoms with Crippen LogP contribution in [0.5, 0.6) is 5.75 Å². The zero-order valence-corrected chi connectivity index (χ0v) is 15.9. The number of thiazole rings is 1. The maximum absolute atomic E-state index is 12.4. The number of hydrogen-bond acceptors (Lipinski definition) is 7. The highest BCUT2D eigenvalue weighted by atomic mass is 32.1. The number of aromatic nitrogens is 4. The van der Waals surface area contributed by atoms with Crippen molar-refractivity contribution >= 4 is 49.6 Å². The second-order valence-corrected chi connectivity index (χ2v) is 6.94. The first-order chi connectivity index (χ1) is 13.7. The predicted molar refractivity (Wildman–Crippen MR) is 102 cm³/mol. The van der Waals surface area contributed by atoms with Crippen LogP contribution in [0.3, 0.4) is 0 Å². The van der Waals surface area contributed by atoms with Gasteiger partial charge in [0.25, 0.3) is 5.91 Å². The lowest BCUT2D eigenvalue weighted by atomic mass is 10.2. The van der Waals surface area contributed by atoms with Gasteiger partial charge in [-0.15, -0.1) is 13.2 Å². The number of nitrogens with zero attached hydrogens (tertiary/aromatic N) is 4. The molecule has 0 unspecified atom stereocenters. The van der Waals surface area contributed by atoms with Crippen LogP contribution in [-0.4, -0.2) is 38.8 Å². The number of pyridine rings is 1. The third-order valence-electron chi connectivity index (χ3n) is 4.02. The average Bonchev–Trinajstić information content (AvgIpc) is 3.23. The Bertz CT molecular complexity index is 1220. The van der Waals surface area contributed by atoms with E-state index in [2.05, 4.69) is 30.3 Å². The van der Waals surface area contributed by atoms with Crippen LogP contribution in [-0.2, 0) is 7.05 Å². The van der Waals surface area contributed by atoms with Gasteiger partial charge in [-0.25, -0.2) is 15.0 Å². The van der Waals surface area contributed by atoms with Gasteiger partial charge in [0.1, 0.15) is 27.1 Å². The zero-order valence-electron chi connectivity index (χ0n) is 15.0. The highest BCUT2D eigenvalue weighted by molar-refractivity contribution is 7.22. The molecule has 0 saturated heterocycles. The van der Waals surface area contributed by atoms with Crippen LogP contribution in [0.1, 0.15) is 10.4 Å². The lowest BCUT2D eigenvalue weighted by Crippen LogP contribution is -2.17. The number of carbonyl (C=O) groups excluding carboxylic acids is 1. The molecule has 29 heavy (non-hydrogen) atoms. The molecule has 1 amide bonds. The van der Waals surface area contributed by atoms with E-state index in [4.69, 9.17) is 0 Å². The van der Waals surface area contributed by atoms with E-state index in [1.807, 2.05) is 11.6 Å². The fourth-order valence-corrected chi connectivity index (χ4v) is 3.62. The predicted octanol–water partition coefficient (Wildman–Crippen LogP) is 3.77. The van der Waals surface area contributed by atoms with Crippen molar-refractivity contribution in [3.63, 3.8) is 0 Å². The van der Waals surface area contributed by atoms with E-state index >= 15 is 0 Å². The molecule has 0 fully saturated rings. The van der Waals surface area contributed by atoms with Gasteiger partial charge in [-0.05, 0) is 24.3 Å². The summed E-state index contributed by atoms with van der Waals surface area (Å²) in [5.74, 6) is -0.330. The first kappa shape index (κ1) is 18.9. The van der Waals surface area contributed by atoms with Gasteiger partial charge in [-0.2, -0.15) is 0 Å². The van der Waals surface area contributed by atoms with Gasteiger partial charge in [0.15, 0.2) is 10.9 Å². The average molecular weight is 422 g/mol. The lowest BCUT2D eigenvalue weighted by Gasteiger charge is -2.09. The molecule has 2 N–H and O–H groups in total. The van der Waals surface area contributed by atoms with Crippen LogP contribution in [0.15, 0.2) is 30.6 Å². The fourth-order valence-electron chi connectivity index (χ4n) is 2.78. The van der Waals surface area contributed by atoms with Gasteiger partial charge in [-0.1, -0.05) is 11.3 Å². The topological polar surface area (TPSA) is 94.0 Å². The molecular formula is C17H13F3N6O2S. The molecule has 0 aliphatic carbocycles. The van der Waals surface area contributed by atoms with Crippen LogP contribution in [0.25, 0.3) is 21.4 Å². The van der Waals surface area contributed by atoms with Crippen LogP contribution in [0, 0.1) is 0 Å². The van der Waals surface area contributed by atoms with E-state index in [0.717, 1.165) is 17.6 Å². The third kappa shape index (κ3) is 3.66. The number of carbonyl (C=O) groups is 1. The Morgan fingerprint density at radius 1 is 1.17 bits per heavy atom. The SMILES string of the molecule is CNc1nc2sc(NC(=O)c3ccc(OC(F)(F)F)cc3)nc2c2c1ncn2C. The summed E-state index contributed by atoms with van der Waals surface area (Å²) in [7, 11) is 3.56. The summed E-state index contributed by atoms with van der Waals surface area (Å²) in [5.41, 5.74) is 2.18. The summed E-state index contributed by atoms with van der Waals surface area (Å²) in [6.07, 6.45) is -3.14. The summed E-state index contributed by atoms with van der Waals surface area (Å²) in [6, 6.07) is 4.61. The van der Waals surface area contributed by atoms with Crippen molar-refractivity contribution in [3.05, 3.63) is 36.2 Å². The number of anilines is 2. The zero-order chi connectivity index (χ0) is 20.8. The molecule has 0 aliphatic rings. The summed E-state index contributed by atoms with van der Waals surface area (Å²) in [5, 5.41) is 5.94. The second kappa shape index (κ2) is 6.88. The molecule has 0 aliphatic heterocycles. The van der Waals surface area contributed by atoms with Gasteiger partial charge in [0, 0.05) is 19.7 Å². The monoisotopic (exact) mass is 422 g/mol. The Labute approximate surface area is 165 Å². The summed E-state index contributed by atoms with van der Waals surface area (Å²) >= 11 is 1.18. The van der Waals surface area contributed by atoms with Gasteiger partial charge in [0.2, 0.25) is 0 Å². The highest BCUT2D eigenvalue weighted by Gasteiger charge is 2.31. The largest absolute Gasteiger partial charge is 0.573 e. The number of hydrogen-bond donors (Lipinski definition) is 2. The van der Waals surface area contributed by atoms with Crippen molar-refractivity contribution in [2.24, 2.45) is 7.05 Å². The minimum absolute atomic E-state index is 0.160. The highest BCUT2D eigenvalue weighted by Crippen LogP contribution is 2.33. The van der Waals surface area contributed by atoms with E-state index in [1.54, 1.807) is 13.4 Å². The Hall–Kier alpha value is -3.41. The molecule has 0 radical (unpaired) electrons. The Kier molecular flexibility index (Phi) is 4.49. The molecule has 3 heterocycles. The van der Waals surface area contributed by atoms with Gasteiger partial charge in [0.05, 0.1) is 6.33 Å². The molecule has 4 aromatic rings. The normalized spacial score (nSPS) is 11.8. The van der Waals surface area contributed by atoms with Gasteiger partial charge >= 0.3 is 6.36 Å². The molecule has 3 aromatic heterocycles. The number of nitrogens with one attached hydrogen (secondary N) is 2. The van der Waals surface area contributed by atoms with Crippen LogP contribution < -0.4 is 15.4 Å². The number of alkyl halides is 3. The number of ether oxygens (including phenoxy) is 1. The molecule has 1 aromatic carbocycles. The molecule has 4 rings (SSSR count). The minimum Gasteiger partial charge on any atom is -0.406 e. The van der Waals surface area contributed by atoms with Crippen LogP contribution in [0.4, 0.5) is 24.1 Å². The number of rotatable bonds is 4. The summed E-state index contributed by atoms with van der Waals surface area (Å²) in [6.45, 7) is 0. The quantitative estimate of drug-likeness (QED) is 0.520. The number of fused-ring (bicyclic) bond motifs is 3. The van der Waals surface area contributed by atoms with Crippen molar-refractivity contribution in [1.82, 2.24) is 19.5 Å². The Balaban J connectivity index is 1.62. The molecule has 150 valence electrons. The molecular weight excluding hydrogens is 409 g/mol. The molecule has 0 saturated carbocycles. The first-order valence-electron chi connectivity index (χ1n) is 8.21. The Morgan fingerprint density at radius 2 is 1.90 bits per heavy atom. The molecule has 12 heteroatoms. The molecule has 0 atom stereocenters. The number of benzene rings is 1. The van der Waals surface area contributed by atoms with Crippen LogP contribution >= 0.6 is 11.3 Å². The van der Waals surface area contributed by atoms with Crippen LogP contribution in [0.2, 0.25) is 0 Å². The number of aryl methyl sites for hydroxylation is 1. The second-order valence-electron chi connectivity index (χ2n) is 5.96. The molecule has 0 spiro atoms. The van der Waals surface area contributed by atoms with Crippen molar-refractivity contribution in [1.29, 1.82) is 0 Å². The van der Waals surface area contributed by atoms with E-state index < -0.39 is 18.0 Å². The Morgan fingerprint density at radius 3 is 2.55 bits per heavy atom. The van der Waals surface area contributed by atoms with E-state index in [9.17, 15) is 18.0 Å². The maximum atomic E-state index is 12.4. The fraction of sp³-hybridized carbons (Fsp3) is 0.176. The van der Waals surface area contributed by atoms with Crippen molar-refractivity contribution in [2.75, 3.05) is 17.7 Å². The maximum Gasteiger partial charge on any atom is 0.573 e. The molecule has 8 nitrogen and oxygen atoms in total. The summed E-state index contributed by atoms with van der Waals surface area (Å²) < 4.78 is 42.3. The van der Waals surface area contributed by atoms with Crippen molar-refractivity contribution in [2.45, 2.75) is 6.36 Å². The van der Waals surface area contributed by atoms with Gasteiger partial charge < -0.3 is 14.6 Å². The number of imidazole rings is 1. The van der Waals surface area contributed by atoms with Crippen molar-refractivity contribution < 1.29 is 22.7 Å². The van der Waals surface area contributed by atoms with E-state index in [0.29, 0.717) is 26.8 Å². The summed E-state index contributed by atoms with van der Waals surface area (Å²) in [4.78, 5) is 26.3. The van der Waals surface area contributed by atoms with E-state index in [1.165, 1.54) is 23.5 Å². The third-order valence-corrected chi connectivity index (χ3v) is 4.88. The minimum atomic E-state index is -4.79. The number of amides is 1. The van der Waals surface area contributed by atoms with Crippen molar-refractivity contribution in [3.8, 4) is 5.75 Å². The standard InChI is InChI=1S/C17H13F3N6O2S/c1-21-13-10-12(26(2)7-22-10)11-15(24-13)29-16(23-11)25-14(27)8-3-5-9(6-4-8)28-17(18,19)20/h3-7H,1-2H3,(H,21,24)(H,23,25,27). The first-order valence-corrected chi connectivity index (χ1v) is 9.03. The lowest BCUT2D eigenvalue weighted by molar-refractivity contribution is -0.274.